The first-order valence-corrected chi connectivity index (χ1v) is 7.06. The predicted molar refractivity (Wildman–Crippen MR) is 81.7 cm³/mol. The van der Waals surface area contributed by atoms with E-state index in [1.54, 1.807) is 18.2 Å². The van der Waals surface area contributed by atoms with Gasteiger partial charge in [0, 0.05) is 5.02 Å². The van der Waals surface area contributed by atoms with Crippen LogP contribution in [0.3, 0.4) is 0 Å². The van der Waals surface area contributed by atoms with Crippen molar-refractivity contribution in [1.29, 1.82) is 0 Å². The molecule has 114 valence electrons. The Morgan fingerprint density at radius 3 is 2.57 bits per heavy atom. The number of halogens is 1. The summed E-state index contributed by atoms with van der Waals surface area (Å²) in [6.45, 7) is 5.69. The Morgan fingerprint density at radius 1 is 1.33 bits per heavy atom. The molecule has 6 heteroatoms. The quantitative estimate of drug-likeness (QED) is 0.911. The summed E-state index contributed by atoms with van der Waals surface area (Å²) >= 11 is 6.01. The molecule has 1 aliphatic heterocycles. The summed E-state index contributed by atoms with van der Waals surface area (Å²) in [4.78, 5) is 26.1. The molecule has 1 saturated heterocycles. The molecule has 0 bridgehead atoms. The molecule has 0 radical (unpaired) electrons. The zero-order valence-electron chi connectivity index (χ0n) is 12.6. The number of benzene rings is 1. The van der Waals surface area contributed by atoms with Gasteiger partial charge in [-0.05, 0) is 23.6 Å². The van der Waals surface area contributed by atoms with Crippen LogP contribution in [-0.4, -0.2) is 31.5 Å². The van der Waals surface area contributed by atoms with Gasteiger partial charge in [0.1, 0.15) is 18.3 Å². The van der Waals surface area contributed by atoms with E-state index in [0.29, 0.717) is 16.5 Å². The number of nitrogens with one attached hydrogen (secondary N) is 1. The van der Waals surface area contributed by atoms with Gasteiger partial charge in [0.2, 0.25) is 5.91 Å². The van der Waals surface area contributed by atoms with Crippen LogP contribution in [0.4, 0.5) is 5.69 Å². The van der Waals surface area contributed by atoms with Crippen molar-refractivity contribution < 1.29 is 14.3 Å². The standard InChI is InChI=1S/C15H19ClN2O3/c1-15(2,3)13-14(20)18(8-12(19)17-13)10-7-9(16)5-6-11(10)21-4/h5-7,13H,8H2,1-4H3,(H,17,19). The summed E-state index contributed by atoms with van der Waals surface area (Å²) < 4.78 is 5.27. The second-order valence-electron chi connectivity index (χ2n) is 6.11. The number of rotatable bonds is 2. The van der Waals surface area contributed by atoms with Crippen LogP contribution in [-0.2, 0) is 9.59 Å². The summed E-state index contributed by atoms with van der Waals surface area (Å²) in [7, 11) is 1.52. The fourth-order valence-electron chi connectivity index (χ4n) is 2.31. The zero-order valence-corrected chi connectivity index (χ0v) is 13.3. The average molecular weight is 311 g/mol. The Hall–Kier alpha value is -1.75. The van der Waals surface area contributed by atoms with Gasteiger partial charge in [0.05, 0.1) is 12.8 Å². The molecule has 1 atom stereocenters. The molecule has 0 aliphatic carbocycles. The highest BCUT2D eigenvalue weighted by Crippen LogP contribution is 2.34. The van der Waals surface area contributed by atoms with E-state index in [1.165, 1.54) is 12.0 Å². The molecule has 0 aromatic heterocycles. The first-order chi connectivity index (χ1) is 9.74. The highest BCUT2D eigenvalue weighted by atomic mass is 35.5. The van der Waals surface area contributed by atoms with Gasteiger partial charge in [0.15, 0.2) is 0 Å². The van der Waals surface area contributed by atoms with Crippen molar-refractivity contribution in [2.24, 2.45) is 5.41 Å². The predicted octanol–water partition coefficient (Wildman–Crippen LogP) is 2.23. The molecular weight excluding hydrogens is 292 g/mol. The third-order valence-corrected chi connectivity index (χ3v) is 3.65. The van der Waals surface area contributed by atoms with Crippen LogP contribution >= 0.6 is 11.6 Å². The van der Waals surface area contributed by atoms with Gasteiger partial charge in [0.25, 0.3) is 5.91 Å². The Morgan fingerprint density at radius 2 is 2.00 bits per heavy atom. The summed E-state index contributed by atoms with van der Waals surface area (Å²) in [5.74, 6) is 0.148. The molecule has 2 rings (SSSR count). The minimum atomic E-state index is -0.581. The summed E-state index contributed by atoms with van der Waals surface area (Å²) in [6, 6.07) is 4.42. The summed E-state index contributed by atoms with van der Waals surface area (Å²) in [6.07, 6.45) is 0. The molecule has 2 amide bonds. The summed E-state index contributed by atoms with van der Waals surface area (Å²) in [5.41, 5.74) is 0.135. The van der Waals surface area contributed by atoms with E-state index in [9.17, 15) is 9.59 Å². The van der Waals surface area contributed by atoms with Gasteiger partial charge in [-0.3, -0.25) is 14.5 Å². The number of anilines is 1. The van der Waals surface area contributed by atoms with Crippen molar-refractivity contribution in [3.8, 4) is 5.75 Å². The lowest BCUT2D eigenvalue weighted by atomic mass is 9.84. The number of hydrogen-bond acceptors (Lipinski definition) is 3. The lowest BCUT2D eigenvalue weighted by Gasteiger charge is -2.39. The topological polar surface area (TPSA) is 58.6 Å². The number of ether oxygens (including phenoxy) is 1. The van der Waals surface area contributed by atoms with Crippen molar-refractivity contribution in [3.63, 3.8) is 0 Å². The number of hydrogen-bond donors (Lipinski definition) is 1. The maximum atomic E-state index is 12.7. The number of nitrogens with zero attached hydrogens (tertiary/aromatic N) is 1. The molecule has 1 heterocycles. The Labute approximate surface area is 129 Å². The van der Waals surface area contributed by atoms with Crippen molar-refractivity contribution in [2.45, 2.75) is 26.8 Å². The third-order valence-electron chi connectivity index (χ3n) is 3.42. The molecular formula is C15H19ClN2O3. The SMILES string of the molecule is COc1ccc(Cl)cc1N1CC(=O)NC(C(C)(C)C)C1=O. The number of carbonyl (C=O) groups is 2. The molecule has 1 aromatic carbocycles. The maximum absolute atomic E-state index is 12.7. The third kappa shape index (κ3) is 3.13. The minimum Gasteiger partial charge on any atom is -0.495 e. The van der Waals surface area contributed by atoms with Crippen LogP contribution in [0.15, 0.2) is 18.2 Å². The smallest absolute Gasteiger partial charge is 0.250 e. The Bertz CT molecular complexity index is 581. The highest BCUT2D eigenvalue weighted by Gasteiger charge is 2.41. The fraction of sp³-hybridized carbons (Fsp3) is 0.467. The van der Waals surface area contributed by atoms with E-state index >= 15 is 0 Å². The molecule has 1 unspecified atom stereocenters. The van der Waals surface area contributed by atoms with Crippen LogP contribution in [0.1, 0.15) is 20.8 Å². The van der Waals surface area contributed by atoms with Crippen LogP contribution in [0, 0.1) is 5.41 Å². The molecule has 1 aromatic rings. The second kappa shape index (κ2) is 5.56. The van der Waals surface area contributed by atoms with Crippen molar-refractivity contribution >= 4 is 29.1 Å². The molecule has 1 aliphatic rings. The van der Waals surface area contributed by atoms with E-state index in [4.69, 9.17) is 16.3 Å². The number of amides is 2. The van der Waals surface area contributed by atoms with Gasteiger partial charge >= 0.3 is 0 Å². The van der Waals surface area contributed by atoms with E-state index < -0.39 is 6.04 Å². The zero-order chi connectivity index (χ0) is 15.8. The van der Waals surface area contributed by atoms with Gasteiger partial charge in [-0.1, -0.05) is 32.4 Å². The molecule has 5 nitrogen and oxygen atoms in total. The second-order valence-corrected chi connectivity index (χ2v) is 6.54. The Balaban J connectivity index is 2.45. The van der Waals surface area contributed by atoms with Gasteiger partial charge in [-0.2, -0.15) is 0 Å². The summed E-state index contributed by atoms with van der Waals surface area (Å²) in [5, 5.41) is 3.24. The van der Waals surface area contributed by atoms with Gasteiger partial charge in [-0.15, -0.1) is 0 Å². The van der Waals surface area contributed by atoms with Crippen molar-refractivity contribution in [2.75, 3.05) is 18.6 Å². The van der Waals surface area contributed by atoms with Crippen LogP contribution in [0.2, 0.25) is 5.02 Å². The van der Waals surface area contributed by atoms with Crippen molar-refractivity contribution in [1.82, 2.24) is 5.32 Å². The molecule has 21 heavy (non-hydrogen) atoms. The number of carbonyl (C=O) groups excluding carboxylic acids is 2. The number of piperazine rings is 1. The molecule has 1 fully saturated rings. The van der Waals surface area contributed by atoms with Crippen molar-refractivity contribution in [3.05, 3.63) is 23.2 Å². The largest absolute Gasteiger partial charge is 0.495 e. The van der Waals surface area contributed by atoms with Gasteiger partial charge in [-0.25, -0.2) is 0 Å². The fourth-order valence-corrected chi connectivity index (χ4v) is 2.48. The van der Waals surface area contributed by atoms with Gasteiger partial charge < -0.3 is 10.1 Å². The number of methoxy groups -OCH3 is 1. The molecule has 1 N–H and O–H groups in total. The average Bonchev–Trinajstić information content (AvgIpc) is 2.39. The van der Waals surface area contributed by atoms with Crippen LogP contribution in [0.25, 0.3) is 0 Å². The lowest BCUT2D eigenvalue weighted by Crippen LogP contribution is -2.62. The first kappa shape index (κ1) is 15.6. The Kier molecular flexibility index (Phi) is 4.14. The highest BCUT2D eigenvalue weighted by molar-refractivity contribution is 6.31. The van der Waals surface area contributed by atoms with E-state index in [-0.39, 0.29) is 23.8 Å². The van der Waals surface area contributed by atoms with Crippen LogP contribution < -0.4 is 15.0 Å². The maximum Gasteiger partial charge on any atom is 0.250 e. The molecule has 0 spiro atoms. The minimum absolute atomic E-state index is 0.0396. The normalized spacial score (nSPS) is 19.5. The first-order valence-electron chi connectivity index (χ1n) is 6.68. The van der Waals surface area contributed by atoms with Crippen LogP contribution in [0.5, 0.6) is 5.75 Å². The van der Waals surface area contributed by atoms with E-state index in [0.717, 1.165) is 0 Å². The lowest BCUT2D eigenvalue weighted by molar-refractivity contribution is -0.133. The monoisotopic (exact) mass is 310 g/mol. The van der Waals surface area contributed by atoms with E-state index in [2.05, 4.69) is 5.32 Å². The van der Waals surface area contributed by atoms with E-state index in [1.807, 2.05) is 20.8 Å². The molecule has 0 saturated carbocycles.